The second kappa shape index (κ2) is 9.93. The maximum Gasteiger partial charge on any atom is 0.258 e. The molecule has 3 aromatic rings. The van der Waals surface area contributed by atoms with Gasteiger partial charge in [0.25, 0.3) is 5.89 Å². The number of methoxy groups -OCH3 is 1. The molecule has 0 spiro atoms. The van der Waals surface area contributed by atoms with Gasteiger partial charge < -0.3 is 19.5 Å². The monoisotopic (exact) mass is 482 g/mol. The molecule has 6 nitrogen and oxygen atoms in total. The summed E-state index contributed by atoms with van der Waals surface area (Å²) < 4.78 is 11.1. The summed E-state index contributed by atoms with van der Waals surface area (Å²) in [6, 6.07) is 15.1. The van der Waals surface area contributed by atoms with Crippen LogP contribution < -0.4 is 10.1 Å². The molecular weight excluding hydrogens is 456 g/mol. The number of rotatable bonds is 7. The normalized spacial score (nSPS) is 16.4. The van der Waals surface area contributed by atoms with Crippen molar-refractivity contribution in [2.75, 3.05) is 13.7 Å². The van der Waals surface area contributed by atoms with Crippen LogP contribution in [0, 0.1) is 5.92 Å². The number of aromatic nitrogens is 2. The molecule has 1 aliphatic rings. The standard InChI is InChI=1S/C25H27ClN4O2S/c1-15(2)12-13-30-16(3)21(22(27-25(30)33)17-8-10-19(26)11-9-17)24-28-23(29-32-24)18-6-5-7-20(14-18)31-4/h5-11,14-15,22H,12-13H2,1-4H3,(H,27,33). The first-order valence-electron chi connectivity index (χ1n) is 10.9. The van der Waals surface area contributed by atoms with Gasteiger partial charge in [-0.1, -0.05) is 54.9 Å². The third kappa shape index (κ3) is 5.04. The lowest BCUT2D eigenvalue weighted by Gasteiger charge is -2.37. The lowest BCUT2D eigenvalue weighted by atomic mass is 9.94. The summed E-state index contributed by atoms with van der Waals surface area (Å²) in [6.45, 7) is 7.27. The number of halogens is 1. The Kier molecular flexibility index (Phi) is 7.00. The molecule has 33 heavy (non-hydrogen) atoms. The fraction of sp³-hybridized carbons (Fsp3) is 0.320. The van der Waals surface area contributed by atoms with Crippen LogP contribution in [-0.2, 0) is 0 Å². The van der Waals surface area contributed by atoms with Gasteiger partial charge in [0.1, 0.15) is 5.75 Å². The van der Waals surface area contributed by atoms with Gasteiger partial charge in [-0.3, -0.25) is 0 Å². The van der Waals surface area contributed by atoms with Gasteiger partial charge in [-0.05, 0) is 61.3 Å². The molecule has 2 heterocycles. The lowest BCUT2D eigenvalue weighted by molar-refractivity contribution is 0.390. The largest absolute Gasteiger partial charge is 0.497 e. The maximum absolute atomic E-state index is 6.13. The van der Waals surface area contributed by atoms with Crippen molar-refractivity contribution in [1.82, 2.24) is 20.4 Å². The smallest absolute Gasteiger partial charge is 0.258 e. The molecule has 0 saturated carbocycles. The molecule has 0 aliphatic carbocycles. The molecule has 0 saturated heterocycles. The van der Waals surface area contributed by atoms with E-state index in [1.165, 1.54) is 0 Å². The highest BCUT2D eigenvalue weighted by atomic mass is 35.5. The Hall–Kier alpha value is -2.90. The van der Waals surface area contributed by atoms with Gasteiger partial charge >= 0.3 is 0 Å². The van der Waals surface area contributed by atoms with Crippen molar-refractivity contribution in [2.24, 2.45) is 5.92 Å². The molecule has 8 heteroatoms. The van der Waals surface area contributed by atoms with E-state index in [4.69, 9.17) is 38.1 Å². The summed E-state index contributed by atoms with van der Waals surface area (Å²) in [5.41, 5.74) is 3.74. The summed E-state index contributed by atoms with van der Waals surface area (Å²) in [4.78, 5) is 6.87. The minimum absolute atomic E-state index is 0.233. The Morgan fingerprint density at radius 1 is 1.21 bits per heavy atom. The van der Waals surface area contributed by atoms with E-state index >= 15 is 0 Å². The minimum atomic E-state index is -0.233. The summed E-state index contributed by atoms with van der Waals surface area (Å²) >= 11 is 11.9. The summed E-state index contributed by atoms with van der Waals surface area (Å²) in [6.07, 6.45) is 1.01. The fourth-order valence-corrected chi connectivity index (χ4v) is 4.30. The SMILES string of the molecule is COc1cccc(-c2noc(C3=C(C)N(CCC(C)C)C(=S)NC3c3ccc(Cl)cc3)n2)c1. The van der Waals surface area contributed by atoms with Gasteiger partial charge in [0.05, 0.1) is 18.7 Å². The highest BCUT2D eigenvalue weighted by molar-refractivity contribution is 7.80. The van der Waals surface area contributed by atoms with Crippen molar-refractivity contribution in [3.05, 3.63) is 70.7 Å². The molecule has 4 rings (SSSR count). The quantitative estimate of drug-likeness (QED) is 0.408. The first-order chi connectivity index (χ1) is 15.9. The average molecular weight is 483 g/mol. The van der Waals surface area contributed by atoms with E-state index in [0.29, 0.717) is 27.8 Å². The predicted octanol–water partition coefficient (Wildman–Crippen LogP) is 6.11. The van der Waals surface area contributed by atoms with Crippen LogP contribution in [0.4, 0.5) is 0 Å². The zero-order valence-electron chi connectivity index (χ0n) is 19.1. The number of hydrogen-bond acceptors (Lipinski definition) is 5. The second-order valence-electron chi connectivity index (χ2n) is 8.42. The van der Waals surface area contributed by atoms with Crippen molar-refractivity contribution in [2.45, 2.75) is 33.2 Å². The molecule has 2 aromatic carbocycles. The number of ether oxygens (including phenoxy) is 1. The number of hydrogen-bond donors (Lipinski definition) is 1. The van der Waals surface area contributed by atoms with E-state index in [9.17, 15) is 0 Å². The molecule has 0 fully saturated rings. The third-order valence-electron chi connectivity index (χ3n) is 5.71. The molecular formula is C25H27ClN4O2S. The van der Waals surface area contributed by atoms with E-state index in [-0.39, 0.29) is 6.04 Å². The van der Waals surface area contributed by atoms with Crippen LogP contribution in [0.2, 0.25) is 5.02 Å². The number of allylic oxidation sites excluding steroid dienone is 1. The van der Waals surface area contributed by atoms with Crippen LogP contribution in [0.25, 0.3) is 17.0 Å². The zero-order chi connectivity index (χ0) is 23.5. The van der Waals surface area contributed by atoms with Gasteiger partial charge in [0.15, 0.2) is 5.11 Å². The van der Waals surface area contributed by atoms with E-state index < -0.39 is 0 Å². The molecule has 1 aliphatic heterocycles. The van der Waals surface area contributed by atoms with Gasteiger partial charge in [0, 0.05) is 22.8 Å². The van der Waals surface area contributed by atoms with Crippen molar-refractivity contribution in [3.8, 4) is 17.1 Å². The highest BCUT2D eigenvalue weighted by Gasteiger charge is 2.34. The average Bonchev–Trinajstić information content (AvgIpc) is 3.28. The van der Waals surface area contributed by atoms with E-state index in [0.717, 1.165) is 41.1 Å². The third-order valence-corrected chi connectivity index (χ3v) is 6.30. The number of benzene rings is 2. The lowest BCUT2D eigenvalue weighted by Crippen LogP contribution is -2.46. The Bertz CT molecular complexity index is 1170. The minimum Gasteiger partial charge on any atom is -0.497 e. The zero-order valence-corrected chi connectivity index (χ0v) is 20.7. The van der Waals surface area contributed by atoms with Crippen LogP contribution in [0.3, 0.4) is 0 Å². The predicted molar refractivity (Wildman–Crippen MR) is 135 cm³/mol. The Labute approximate surface area is 204 Å². The molecule has 1 N–H and O–H groups in total. The Morgan fingerprint density at radius 2 is 1.97 bits per heavy atom. The maximum atomic E-state index is 6.13. The number of nitrogens with zero attached hydrogens (tertiary/aromatic N) is 3. The Balaban J connectivity index is 1.78. The molecule has 0 bridgehead atoms. The number of nitrogens with one attached hydrogen (secondary N) is 1. The number of thiocarbonyl (C=S) groups is 1. The van der Waals surface area contributed by atoms with E-state index in [1.807, 2.05) is 48.5 Å². The van der Waals surface area contributed by atoms with Crippen LogP contribution in [-0.4, -0.2) is 33.8 Å². The van der Waals surface area contributed by atoms with E-state index in [1.54, 1.807) is 7.11 Å². The van der Waals surface area contributed by atoms with Crippen molar-refractivity contribution >= 4 is 34.5 Å². The van der Waals surface area contributed by atoms with Gasteiger partial charge in [-0.15, -0.1) is 0 Å². The summed E-state index contributed by atoms with van der Waals surface area (Å²) in [5, 5.41) is 9.10. The van der Waals surface area contributed by atoms with Gasteiger partial charge in [-0.2, -0.15) is 4.98 Å². The van der Waals surface area contributed by atoms with Crippen molar-refractivity contribution < 1.29 is 9.26 Å². The first kappa shape index (κ1) is 23.3. The summed E-state index contributed by atoms with van der Waals surface area (Å²) in [5.74, 6) is 2.25. The molecule has 172 valence electrons. The van der Waals surface area contributed by atoms with Crippen molar-refractivity contribution in [1.29, 1.82) is 0 Å². The summed E-state index contributed by atoms with van der Waals surface area (Å²) in [7, 11) is 1.63. The van der Waals surface area contributed by atoms with Gasteiger partial charge in [0.2, 0.25) is 5.82 Å². The molecule has 1 aromatic heterocycles. The van der Waals surface area contributed by atoms with Crippen molar-refractivity contribution in [3.63, 3.8) is 0 Å². The highest BCUT2D eigenvalue weighted by Crippen LogP contribution is 2.38. The van der Waals surface area contributed by atoms with Gasteiger partial charge in [-0.25, -0.2) is 0 Å². The van der Waals surface area contributed by atoms with Crippen LogP contribution in [0.1, 0.15) is 44.7 Å². The van der Waals surface area contributed by atoms with Crippen LogP contribution in [0.5, 0.6) is 5.75 Å². The van der Waals surface area contributed by atoms with E-state index in [2.05, 4.69) is 36.1 Å². The van der Waals surface area contributed by atoms with Crippen LogP contribution >= 0.6 is 23.8 Å². The fourth-order valence-electron chi connectivity index (χ4n) is 3.83. The topological polar surface area (TPSA) is 63.4 Å². The molecule has 0 radical (unpaired) electrons. The Morgan fingerprint density at radius 3 is 2.67 bits per heavy atom. The van der Waals surface area contributed by atoms with Crippen LogP contribution in [0.15, 0.2) is 58.8 Å². The first-order valence-corrected chi connectivity index (χ1v) is 11.7. The second-order valence-corrected chi connectivity index (χ2v) is 9.25. The molecule has 1 unspecified atom stereocenters. The molecule has 0 amide bonds. The molecule has 1 atom stereocenters.